The van der Waals surface area contributed by atoms with Gasteiger partial charge in [-0.15, -0.1) is 0 Å². The third-order valence-corrected chi connectivity index (χ3v) is 5.74. The molecule has 3 aromatic rings. The van der Waals surface area contributed by atoms with E-state index in [-0.39, 0.29) is 11.7 Å². The molecule has 1 aliphatic carbocycles. The van der Waals surface area contributed by atoms with Crippen molar-refractivity contribution < 1.29 is 18.7 Å². The van der Waals surface area contributed by atoms with Crippen LogP contribution in [0.15, 0.2) is 52.9 Å². The summed E-state index contributed by atoms with van der Waals surface area (Å²) in [4.78, 5) is 25.6. The number of fused-ring (bicyclic) bond motifs is 1. The highest BCUT2D eigenvalue weighted by Gasteiger charge is 2.23. The molecule has 0 radical (unpaired) electrons. The van der Waals surface area contributed by atoms with Gasteiger partial charge in [0.1, 0.15) is 17.0 Å². The van der Waals surface area contributed by atoms with E-state index in [0.717, 1.165) is 12.2 Å². The van der Waals surface area contributed by atoms with Crippen LogP contribution in [0.5, 0.6) is 5.75 Å². The van der Waals surface area contributed by atoms with Gasteiger partial charge in [-0.05, 0) is 55.7 Å². The van der Waals surface area contributed by atoms with Crippen molar-refractivity contribution in [2.75, 3.05) is 17.2 Å². The fourth-order valence-electron chi connectivity index (χ4n) is 4.15. The number of nitrogens with one attached hydrogen (secondary N) is 2. The summed E-state index contributed by atoms with van der Waals surface area (Å²) in [5.74, 6) is 0.970. The van der Waals surface area contributed by atoms with Crippen molar-refractivity contribution >= 4 is 34.2 Å². The Morgan fingerprint density at radius 3 is 2.52 bits per heavy atom. The molecule has 1 heterocycles. The molecule has 0 unspecified atom stereocenters. The van der Waals surface area contributed by atoms with Gasteiger partial charge in [-0.1, -0.05) is 37.8 Å². The van der Waals surface area contributed by atoms with Gasteiger partial charge in [0.15, 0.2) is 0 Å². The number of anilines is 2. The number of rotatable bonds is 8. The maximum atomic E-state index is 13.0. The fourth-order valence-corrected chi connectivity index (χ4v) is 4.15. The normalized spacial score (nSPS) is 14.0. The van der Waals surface area contributed by atoms with E-state index in [1.807, 2.05) is 25.1 Å². The second kappa shape index (κ2) is 9.69. The van der Waals surface area contributed by atoms with Crippen molar-refractivity contribution in [2.45, 2.75) is 45.4 Å². The Morgan fingerprint density at radius 2 is 1.77 bits per heavy atom. The van der Waals surface area contributed by atoms with Gasteiger partial charge in [0.2, 0.25) is 11.7 Å². The van der Waals surface area contributed by atoms with Gasteiger partial charge >= 0.3 is 0 Å². The van der Waals surface area contributed by atoms with Crippen molar-refractivity contribution in [3.63, 3.8) is 0 Å². The summed E-state index contributed by atoms with van der Waals surface area (Å²) < 4.78 is 11.3. The fraction of sp³-hybridized carbons (Fsp3) is 0.360. The first-order chi connectivity index (χ1) is 15.1. The Labute approximate surface area is 182 Å². The highest BCUT2D eigenvalue weighted by molar-refractivity contribution is 6.14. The predicted octanol–water partition coefficient (Wildman–Crippen LogP) is 5.99. The summed E-state index contributed by atoms with van der Waals surface area (Å²) in [6, 6.07) is 14.5. The number of benzene rings is 2. The maximum absolute atomic E-state index is 13.0. The zero-order valence-corrected chi connectivity index (χ0v) is 17.8. The molecule has 162 valence electrons. The molecule has 1 fully saturated rings. The molecule has 1 aromatic heterocycles. The van der Waals surface area contributed by atoms with Crippen molar-refractivity contribution in [2.24, 2.45) is 5.92 Å². The van der Waals surface area contributed by atoms with Crippen LogP contribution in [-0.2, 0) is 4.79 Å². The number of hydrogen-bond acceptors (Lipinski definition) is 4. The van der Waals surface area contributed by atoms with Crippen LogP contribution in [0.1, 0.15) is 56.0 Å². The van der Waals surface area contributed by atoms with E-state index in [1.165, 1.54) is 25.7 Å². The average Bonchev–Trinajstić information content (AvgIpc) is 3.42. The summed E-state index contributed by atoms with van der Waals surface area (Å²) in [5, 5.41) is 6.49. The lowest BCUT2D eigenvalue weighted by atomic mass is 10.0. The third-order valence-electron chi connectivity index (χ3n) is 5.74. The molecule has 6 nitrogen and oxygen atoms in total. The summed E-state index contributed by atoms with van der Waals surface area (Å²) in [7, 11) is 0. The van der Waals surface area contributed by atoms with E-state index >= 15 is 0 Å². The highest BCUT2D eigenvalue weighted by atomic mass is 16.5. The maximum Gasteiger partial charge on any atom is 0.293 e. The number of hydrogen-bond donors (Lipinski definition) is 2. The molecular weight excluding hydrogens is 392 g/mol. The molecule has 2 aromatic carbocycles. The van der Waals surface area contributed by atoms with Crippen LogP contribution in [0.3, 0.4) is 0 Å². The molecule has 1 saturated carbocycles. The van der Waals surface area contributed by atoms with Crippen LogP contribution in [0.2, 0.25) is 0 Å². The molecule has 2 N–H and O–H groups in total. The molecule has 0 aliphatic heterocycles. The molecule has 2 amide bonds. The molecule has 0 saturated heterocycles. The van der Waals surface area contributed by atoms with Crippen molar-refractivity contribution in [3.05, 3.63) is 54.3 Å². The van der Waals surface area contributed by atoms with Crippen molar-refractivity contribution in [3.8, 4) is 5.75 Å². The number of para-hydroxylation sites is 1. The van der Waals surface area contributed by atoms with Crippen LogP contribution in [0.4, 0.5) is 11.4 Å². The minimum Gasteiger partial charge on any atom is -0.494 e. The van der Waals surface area contributed by atoms with E-state index in [1.54, 1.807) is 30.3 Å². The molecule has 6 heteroatoms. The Hall–Kier alpha value is -3.28. The molecular formula is C25H28N2O4. The zero-order valence-electron chi connectivity index (χ0n) is 17.8. The van der Waals surface area contributed by atoms with Gasteiger partial charge in [0.25, 0.3) is 5.91 Å². The number of ether oxygens (including phenoxy) is 1. The Bertz CT molecular complexity index is 1050. The van der Waals surface area contributed by atoms with Gasteiger partial charge in [-0.25, -0.2) is 0 Å². The lowest BCUT2D eigenvalue weighted by Crippen LogP contribution is -2.17. The summed E-state index contributed by atoms with van der Waals surface area (Å²) >= 11 is 0. The molecule has 0 atom stereocenters. The molecule has 1 aliphatic rings. The van der Waals surface area contributed by atoms with Crippen LogP contribution in [0, 0.1) is 5.92 Å². The molecule has 0 spiro atoms. The van der Waals surface area contributed by atoms with E-state index in [0.29, 0.717) is 41.3 Å². The Morgan fingerprint density at radius 1 is 1.03 bits per heavy atom. The quantitative estimate of drug-likeness (QED) is 0.469. The van der Waals surface area contributed by atoms with Gasteiger partial charge < -0.3 is 19.8 Å². The first-order valence-corrected chi connectivity index (χ1v) is 11.0. The van der Waals surface area contributed by atoms with Crippen molar-refractivity contribution in [1.29, 1.82) is 0 Å². The van der Waals surface area contributed by atoms with Crippen LogP contribution in [0.25, 0.3) is 11.0 Å². The second-order valence-electron chi connectivity index (χ2n) is 7.95. The minimum absolute atomic E-state index is 0.0893. The monoisotopic (exact) mass is 420 g/mol. The number of carbonyl (C=O) groups is 2. The van der Waals surface area contributed by atoms with Gasteiger partial charge in [0, 0.05) is 17.5 Å². The minimum atomic E-state index is -0.411. The van der Waals surface area contributed by atoms with E-state index < -0.39 is 5.91 Å². The van der Waals surface area contributed by atoms with Gasteiger partial charge in [-0.2, -0.15) is 0 Å². The lowest BCUT2D eigenvalue weighted by molar-refractivity contribution is -0.116. The third kappa shape index (κ3) is 5.08. The second-order valence-corrected chi connectivity index (χ2v) is 7.95. The number of furan rings is 1. The van der Waals surface area contributed by atoms with Gasteiger partial charge in [-0.3, -0.25) is 9.59 Å². The zero-order chi connectivity index (χ0) is 21.6. The van der Waals surface area contributed by atoms with E-state index in [9.17, 15) is 9.59 Å². The van der Waals surface area contributed by atoms with E-state index in [2.05, 4.69) is 10.6 Å². The van der Waals surface area contributed by atoms with Crippen LogP contribution in [-0.4, -0.2) is 18.4 Å². The first-order valence-electron chi connectivity index (χ1n) is 11.0. The highest BCUT2D eigenvalue weighted by Crippen LogP contribution is 2.33. The molecule has 4 rings (SSSR count). The summed E-state index contributed by atoms with van der Waals surface area (Å²) in [5.41, 5.74) is 1.60. The molecule has 31 heavy (non-hydrogen) atoms. The standard InChI is InChI=1S/C25H28N2O4/c1-2-30-19-14-12-18(13-15-19)26-25(29)24-23(20-9-5-6-10-21(20)31-24)27-22(28)16-11-17-7-3-4-8-17/h5-6,9-10,12-15,17H,2-4,7-8,11,16H2,1H3,(H,26,29)(H,27,28). The van der Waals surface area contributed by atoms with E-state index in [4.69, 9.17) is 9.15 Å². The van der Waals surface area contributed by atoms with Crippen LogP contribution >= 0.6 is 0 Å². The number of amides is 2. The van der Waals surface area contributed by atoms with Crippen molar-refractivity contribution in [1.82, 2.24) is 0 Å². The number of carbonyl (C=O) groups excluding carboxylic acids is 2. The average molecular weight is 421 g/mol. The lowest BCUT2D eigenvalue weighted by Gasteiger charge is -2.10. The van der Waals surface area contributed by atoms with Gasteiger partial charge in [0.05, 0.1) is 6.61 Å². The molecule has 0 bridgehead atoms. The summed E-state index contributed by atoms with van der Waals surface area (Å²) in [6.07, 6.45) is 6.26. The van der Waals surface area contributed by atoms with Crippen LogP contribution < -0.4 is 15.4 Å². The summed E-state index contributed by atoms with van der Waals surface area (Å²) in [6.45, 7) is 2.50. The Kier molecular flexibility index (Phi) is 6.55. The topological polar surface area (TPSA) is 80.6 Å². The SMILES string of the molecule is CCOc1ccc(NC(=O)c2oc3ccccc3c2NC(=O)CCC2CCCC2)cc1. The smallest absolute Gasteiger partial charge is 0.293 e. The Balaban J connectivity index is 1.51. The predicted molar refractivity (Wildman–Crippen MR) is 122 cm³/mol. The largest absolute Gasteiger partial charge is 0.494 e. The first kappa shape index (κ1) is 21.0.